The van der Waals surface area contributed by atoms with Gasteiger partial charge < -0.3 is 10.1 Å². The SMILES string of the molecule is Cc1cc(CC(=O)Nc2cnn(C(C)(C)C)c2)cc(F)c1Oc1ccnc2ccc(N=S(C)(C)=O)cc12. The highest BCUT2D eigenvalue weighted by atomic mass is 32.2. The fraction of sp³-hybridized carbons (Fsp3) is 0.296. The van der Waals surface area contributed by atoms with E-state index in [1.807, 2.05) is 20.8 Å². The molecule has 0 fully saturated rings. The van der Waals surface area contributed by atoms with Crippen LogP contribution in [0.25, 0.3) is 10.9 Å². The van der Waals surface area contributed by atoms with Crippen LogP contribution >= 0.6 is 0 Å². The lowest BCUT2D eigenvalue weighted by Crippen LogP contribution is -2.22. The first-order chi connectivity index (χ1) is 17.3. The molecule has 0 aliphatic carbocycles. The molecule has 0 atom stereocenters. The molecule has 0 bridgehead atoms. The molecule has 37 heavy (non-hydrogen) atoms. The number of amides is 1. The summed E-state index contributed by atoms with van der Waals surface area (Å²) in [6, 6.07) is 9.86. The number of nitrogens with one attached hydrogen (secondary N) is 1. The Labute approximate surface area is 216 Å². The van der Waals surface area contributed by atoms with Gasteiger partial charge in [0.2, 0.25) is 5.91 Å². The Morgan fingerprint density at radius 1 is 1.19 bits per heavy atom. The Balaban J connectivity index is 1.55. The first-order valence-electron chi connectivity index (χ1n) is 11.7. The summed E-state index contributed by atoms with van der Waals surface area (Å²) < 4.78 is 39.3. The van der Waals surface area contributed by atoms with Crippen molar-refractivity contribution in [3.63, 3.8) is 0 Å². The molecule has 0 aliphatic heterocycles. The van der Waals surface area contributed by atoms with Gasteiger partial charge in [-0.25, -0.2) is 8.60 Å². The van der Waals surface area contributed by atoms with Crippen molar-refractivity contribution in [2.45, 2.75) is 39.7 Å². The Morgan fingerprint density at radius 2 is 1.95 bits per heavy atom. The molecule has 2 aromatic heterocycles. The number of fused-ring (bicyclic) bond motifs is 1. The van der Waals surface area contributed by atoms with Crippen LogP contribution in [0.4, 0.5) is 15.8 Å². The van der Waals surface area contributed by atoms with Crippen molar-refractivity contribution < 1.29 is 18.1 Å². The normalized spacial score (nSPS) is 12.0. The van der Waals surface area contributed by atoms with E-state index in [1.165, 1.54) is 6.07 Å². The van der Waals surface area contributed by atoms with Crippen LogP contribution in [0.15, 0.2) is 59.4 Å². The topological polar surface area (TPSA) is 98.5 Å². The molecule has 0 spiro atoms. The van der Waals surface area contributed by atoms with Gasteiger partial charge in [0, 0.05) is 40.0 Å². The summed E-state index contributed by atoms with van der Waals surface area (Å²) in [6.45, 7) is 7.76. The molecule has 10 heteroatoms. The van der Waals surface area contributed by atoms with Gasteiger partial charge in [0.1, 0.15) is 5.75 Å². The van der Waals surface area contributed by atoms with Gasteiger partial charge in [-0.1, -0.05) is 6.07 Å². The number of hydrogen-bond acceptors (Lipinski definition) is 6. The van der Waals surface area contributed by atoms with Crippen LogP contribution in [-0.2, 0) is 26.5 Å². The van der Waals surface area contributed by atoms with Gasteiger partial charge in [-0.05, 0) is 69.2 Å². The van der Waals surface area contributed by atoms with Crippen molar-refractivity contribution in [3.8, 4) is 11.5 Å². The molecule has 0 radical (unpaired) electrons. The molecular weight excluding hydrogens is 493 g/mol. The Hall–Kier alpha value is -3.79. The summed E-state index contributed by atoms with van der Waals surface area (Å²) in [4.78, 5) is 16.9. The van der Waals surface area contributed by atoms with Crippen LogP contribution in [0.1, 0.15) is 31.9 Å². The number of benzene rings is 2. The highest BCUT2D eigenvalue weighted by Crippen LogP contribution is 2.35. The first kappa shape index (κ1) is 26.3. The largest absolute Gasteiger partial charge is 0.453 e. The highest BCUT2D eigenvalue weighted by Gasteiger charge is 2.17. The van der Waals surface area contributed by atoms with Crippen molar-refractivity contribution in [1.82, 2.24) is 14.8 Å². The molecule has 0 saturated heterocycles. The third-order valence-electron chi connectivity index (χ3n) is 5.43. The fourth-order valence-electron chi connectivity index (χ4n) is 3.80. The average Bonchev–Trinajstić information content (AvgIpc) is 3.24. The van der Waals surface area contributed by atoms with Crippen LogP contribution < -0.4 is 10.1 Å². The molecule has 2 heterocycles. The van der Waals surface area contributed by atoms with Gasteiger partial charge in [-0.15, -0.1) is 0 Å². The summed E-state index contributed by atoms with van der Waals surface area (Å²) in [5, 5.41) is 7.69. The van der Waals surface area contributed by atoms with E-state index in [0.29, 0.717) is 39.2 Å². The molecule has 1 N–H and O–H groups in total. The van der Waals surface area contributed by atoms with E-state index in [0.717, 1.165) is 0 Å². The van der Waals surface area contributed by atoms with Crippen LogP contribution in [0.2, 0.25) is 0 Å². The third kappa shape index (κ3) is 6.51. The number of carbonyl (C=O) groups excluding carboxylic acids is 1. The van der Waals surface area contributed by atoms with Gasteiger partial charge in [0.05, 0.1) is 35.0 Å². The number of ether oxygens (including phenoxy) is 1. The number of carbonyl (C=O) groups is 1. The van der Waals surface area contributed by atoms with Gasteiger partial charge in [0.25, 0.3) is 0 Å². The zero-order valence-corrected chi connectivity index (χ0v) is 22.5. The van der Waals surface area contributed by atoms with E-state index in [-0.39, 0.29) is 23.6 Å². The Kier molecular flexibility index (Phi) is 7.05. The summed E-state index contributed by atoms with van der Waals surface area (Å²) >= 11 is 0. The van der Waals surface area contributed by atoms with Crippen LogP contribution in [0.3, 0.4) is 0 Å². The second-order valence-corrected chi connectivity index (χ2v) is 12.7. The molecule has 2 aromatic carbocycles. The van der Waals surface area contributed by atoms with Gasteiger partial charge >= 0.3 is 0 Å². The molecular formula is C27H30FN5O3S. The molecule has 4 rings (SSSR count). The summed E-state index contributed by atoms with van der Waals surface area (Å²) in [5.74, 6) is -0.413. The number of nitrogens with zero attached hydrogens (tertiary/aromatic N) is 4. The van der Waals surface area contributed by atoms with E-state index >= 15 is 4.39 Å². The quantitative estimate of drug-likeness (QED) is 0.336. The van der Waals surface area contributed by atoms with E-state index in [4.69, 9.17) is 4.74 Å². The number of anilines is 1. The second-order valence-electron chi connectivity index (χ2n) is 10.2. The summed E-state index contributed by atoms with van der Waals surface area (Å²) in [7, 11) is -2.35. The molecule has 4 aromatic rings. The maximum Gasteiger partial charge on any atom is 0.228 e. The third-order valence-corrected chi connectivity index (χ3v) is 6.08. The van der Waals surface area contributed by atoms with Crippen LogP contribution in [0.5, 0.6) is 11.5 Å². The zero-order valence-electron chi connectivity index (χ0n) is 21.7. The molecule has 0 unspecified atom stereocenters. The Morgan fingerprint density at radius 3 is 2.59 bits per heavy atom. The lowest BCUT2D eigenvalue weighted by atomic mass is 10.1. The zero-order chi connectivity index (χ0) is 27.0. The minimum absolute atomic E-state index is 0.00486. The van der Waals surface area contributed by atoms with E-state index in [1.54, 1.807) is 73.0 Å². The molecule has 0 aliphatic rings. The molecule has 8 nitrogen and oxygen atoms in total. The number of halogens is 1. The maximum atomic E-state index is 15.2. The van der Waals surface area contributed by atoms with E-state index in [2.05, 4.69) is 19.8 Å². The monoisotopic (exact) mass is 523 g/mol. The van der Waals surface area contributed by atoms with Crippen LogP contribution in [-0.4, -0.2) is 37.4 Å². The van der Waals surface area contributed by atoms with Gasteiger partial charge in [-0.2, -0.15) is 9.46 Å². The molecule has 0 saturated carbocycles. The van der Waals surface area contributed by atoms with Crippen molar-refractivity contribution in [2.24, 2.45) is 4.36 Å². The summed E-state index contributed by atoms with van der Waals surface area (Å²) in [6.07, 6.45) is 8.02. The maximum absolute atomic E-state index is 15.2. The predicted octanol–water partition coefficient (Wildman–Crippen LogP) is 5.97. The smallest absolute Gasteiger partial charge is 0.228 e. The minimum atomic E-state index is -2.35. The second kappa shape index (κ2) is 9.93. The number of rotatable bonds is 6. The highest BCUT2D eigenvalue weighted by molar-refractivity contribution is 7.92. The van der Waals surface area contributed by atoms with Crippen molar-refractivity contribution in [2.75, 3.05) is 17.8 Å². The number of aryl methyl sites for hydroxylation is 1. The van der Waals surface area contributed by atoms with Gasteiger partial charge in [0.15, 0.2) is 11.6 Å². The molecule has 1 amide bonds. The average molecular weight is 524 g/mol. The minimum Gasteiger partial charge on any atom is -0.453 e. The Bertz CT molecular complexity index is 1580. The number of pyridine rings is 1. The van der Waals surface area contributed by atoms with E-state index < -0.39 is 15.5 Å². The molecule has 194 valence electrons. The lowest BCUT2D eigenvalue weighted by Gasteiger charge is -2.18. The van der Waals surface area contributed by atoms with Gasteiger partial charge in [-0.3, -0.25) is 14.5 Å². The van der Waals surface area contributed by atoms with Crippen molar-refractivity contribution >= 4 is 37.9 Å². The lowest BCUT2D eigenvalue weighted by molar-refractivity contribution is -0.115. The predicted molar refractivity (Wildman–Crippen MR) is 145 cm³/mol. The van der Waals surface area contributed by atoms with E-state index in [9.17, 15) is 9.00 Å². The summed E-state index contributed by atoms with van der Waals surface area (Å²) in [5.41, 5.74) is 2.59. The fourth-order valence-corrected chi connectivity index (χ4v) is 4.42. The number of aromatic nitrogens is 3. The first-order valence-corrected chi connectivity index (χ1v) is 14.0. The van der Waals surface area contributed by atoms with Crippen molar-refractivity contribution in [3.05, 3.63) is 71.9 Å². The van der Waals surface area contributed by atoms with Crippen molar-refractivity contribution in [1.29, 1.82) is 0 Å². The number of hydrogen-bond donors (Lipinski definition) is 1. The van der Waals surface area contributed by atoms with Crippen LogP contribution in [0, 0.1) is 12.7 Å². The standard InChI is InChI=1S/C27H30FN5O3S/c1-17-11-18(13-25(34)31-20-15-30-33(16-20)27(2,3)4)12-22(28)26(17)36-24-9-10-29-23-8-7-19(14-21(23)24)32-37(5,6)35/h7-12,14-16H,13H2,1-6H3,(H,31,34).